The maximum absolute atomic E-state index is 12.6. The molecule has 1 aliphatic rings. The number of amides is 3. The van der Waals surface area contributed by atoms with Gasteiger partial charge in [0.05, 0.1) is 29.0 Å². The Morgan fingerprint density at radius 1 is 1.10 bits per heavy atom. The molecule has 2 aromatic rings. The van der Waals surface area contributed by atoms with Crippen molar-refractivity contribution in [2.45, 2.75) is 33.2 Å². The van der Waals surface area contributed by atoms with E-state index >= 15 is 0 Å². The quantitative estimate of drug-likeness (QED) is 0.528. The van der Waals surface area contributed by atoms with Gasteiger partial charge in [-0.05, 0) is 49.6 Å². The van der Waals surface area contributed by atoms with Gasteiger partial charge >= 0.3 is 5.97 Å². The standard InChI is InChI=1S/C22H24N2O6/c1-13(2)8-9-24-20(26)16-7-6-15(11-17(16)21(24)27)22(28)30-12-19(25)23-14(3)18-5-4-10-29-18/h4-7,10-11,13-14H,8-9,12H2,1-3H3,(H,23,25)/t14-/m1/s1. The third-order valence-electron chi connectivity index (χ3n) is 4.82. The molecule has 0 radical (unpaired) electrons. The van der Waals surface area contributed by atoms with Gasteiger partial charge in [0.1, 0.15) is 5.76 Å². The first kappa shape index (κ1) is 21.3. The lowest BCUT2D eigenvalue weighted by Crippen LogP contribution is -2.31. The van der Waals surface area contributed by atoms with E-state index in [1.54, 1.807) is 19.1 Å². The summed E-state index contributed by atoms with van der Waals surface area (Å²) in [5, 5.41) is 2.66. The molecule has 0 fully saturated rings. The van der Waals surface area contributed by atoms with E-state index < -0.39 is 24.4 Å². The Morgan fingerprint density at radius 3 is 2.50 bits per heavy atom. The number of hydrogen-bond acceptors (Lipinski definition) is 6. The average molecular weight is 412 g/mol. The van der Waals surface area contributed by atoms with Crippen molar-refractivity contribution in [2.75, 3.05) is 13.2 Å². The third kappa shape index (κ3) is 4.59. The zero-order valence-electron chi connectivity index (χ0n) is 17.1. The Balaban J connectivity index is 1.60. The zero-order valence-corrected chi connectivity index (χ0v) is 17.1. The van der Waals surface area contributed by atoms with Crippen molar-refractivity contribution < 1.29 is 28.3 Å². The van der Waals surface area contributed by atoms with E-state index in [0.29, 0.717) is 24.6 Å². The molecule has 8 nitrogen and oxygen atoms in total. The van der Waals surface area contributed by atoms with Crippen LogP contribution in [0.1, 0.15) is 70.1 Å². The molecule has 1 aliphatic heterocycles. The summed E-state index contributed by atoms with van der Waals surface area (Å²) in [7, 11) is 0. The molecule has 2 heterocycles. The fraction of sp³-hybridized carbons (Fsp3) is 0.364. The van der Waals surface area contributed by atoms with Crippen LogP contribution in [0.3, 0.4) is 0 Å². The zero-order chi connectivity index (χ0) is 21.8. The molecule has 1 N–H and O–H groups in total. The summed E-state index contributed by atoms with van der Waals surface area (Å²) in [6.07, 6.45) is 2.20. The van der Waals surface area contributed by atoms with Crippen molar-refractivity contribution >= 4 is 23.7 Å². The van der Waals surface area contributed by atoms with Crippen LogP contribution in [0.4, 0.5) is 0 Å². The molecule has 0 aliphatic carbocycles. The molecule has 0 unspecified atom stereocenters. The number of esters is 1. The molecule has 0 saturated carbocycles. The number of nitrogens with zero attached hydrogens (tertiary/aromatic N) is 1. The number of carbonyl (C=O) groups excluding carboxylic acids is 4. The minimum absolute atomic E-state index is 0.104. The van der Waals surface area contributed by atoms with E-state index in [-0.39, 0.29) is 28.6 Å². The SMILES string of the molecule is CC(C)CCN1C(=O)c2ccc(C(=O)OCC(=O)N[C@H](C)c3ccco3)cc2C1=O. The summed E-state index contributed by atoms with van der Waals surface area (Å²) in [4.78, 5) is 50.5. The fourth-order valence-electron chi connectivity index (χ4n) is 3.11. The molecule has 3 amide bonds. The minimum Gasteiger partial charge on any atom is -0.467 e. The molecule has 158 valence electrons. The van der Waals surface area contributed by atoms with E-state index in [1.807, 2.05) is 13.8 Å². The van der Waals surface area contributed by atoms with Crippen molar-refractivity contribution in [3.05, 3.63) is 59.0 Å². The predicted molar refractivity (Wildman–Crippen MR) is 107 cm³/mol. The Labute approximate surface area is 174 Å². The molecular formula is C22H24N2O6. The lowest BCUT2D eigenvalue weighted by Gasteiger charge is -2.14. The highest BCUT2D eigenvalue weighted by atomic mass is 16.5. The summed E-state index contributed by atoms with van der Waals surface area (Å²) in [5.41, 5.74) is 0.548. The van der Waals surface area contributed by atoms with Gasteiger partial charge in [-0.1, -0.05) is 13.8 Å². The highest BCUT2D eigenvalue weighted by Crippen LogP contribution is 2.25. The van der Waals surface area contributed by atoms with Gasteiger partial charge in [0.25, 0.3) is 17.7 Å². The summed E-state index contributed by atoms with van der Waals surface area (Å²) < 4.78 is 10.2. The summed E-state index contributed by atoms with van der Waals surface area (Å²) >= 11 is 0. The largest absolute Gasteiger partial charge is 0.467 e. The smallest absolute Gasteiger partial charge is 0.338 e. The topological polar surface area (TPSA) is 106 Å². The number of carbonyl (C=O) groups is 4. The first-order chi connectivity index (χ1) is 14.3. The number of fused-ring (bicyclic) bond motifs is 1. The van der Waals surface area contributed by atoms with Gasteiger partial charge in [-0.2, -0.15) is 0 Å². The molecular weight excluding hydrogens is 388 g/mol. The Hall–Kier alpha value is -3.42. The van der Waals surface area contributed by atoms with Crippen LogP contribution in [0.5, 0.6) is 0 Å². The van der Waals surface area contributed by atoms with E-state index in [0.717, 1.165) is 0 Å². The Morgan fingerprint density at radius 2 is 1.83 bits per heavy atom. The van der Waals surface area contributed by atoms with E-state index in [1.165, 1.54) is 29.4 Å². The molecule has 1 aromatic heterocycles. The summed E-state index contributed by atoms with van der Waals surface area (Å²) in [6.45, 7) is 5.62. The van der Waals surface area contributed by atoms with Gasteiger partial charge in [-0.25, -0.2) is 4.79 Å². The maximum Gasteiger partial charge on any atom is 0.338 e. The summed E-state index contributed by atoms with van der Waals surface area (Å²) in [6, 6.07) is 7.28. The maximum atomic E-state index is 12.6. The third-order valence-corrected chi connectivity index (χ3v) is 4.82. The van der Waals surface area contributed by atoms with Crippen molar-refractivity contribution in [3.63, 3.8) is 0 Å². The van der Waals surface area contributed by atoms with Crippen LogP contribution in [-0.2, 0) is 9.53 Å². The van der Waals surface area contributed by atoms with Crippen molar-refractivity contribution in [3.8, 4) is 0 Å². The van der Waals surface area contributed by atoms with Crippen molar-refractivity contribution in [1.82, 2.24) is 10.2 Å². The lowest BCUT2D eigenvalue weighted by molar-refractivity contribution is -0.125. The van der Waals surface area contributed by atoms with Crippen LogP contribution >= 0.6 is 0 Å². The first-order valence-electron chi connectivity index (χ1n) is 9.78. The number of ether oxygens (including phenoxy) is 1. The molecule has 1 aromatic carbocycles. The Kier molecular flexibility index (Phi) is 6.34. The minimum atomic E-state index is -0.750. The Bertz CT molecular complexity index is 964. The molecule has 8 heteroatoms. The normalized spacial score (nSPS) is 14.1. The summed E-state index contributed by atoms with van der Waals surface area (Å²) in [5.74, 6) is -1.09. The monoisotopic (exact) mass is 412 g/mol. The van der Waals surface area contributed by atoms with Gasteiger partial charge in [-0.15, -0.1) is 0 Å². The molecule has 30 heavy (non-hydrogen) atoms. The molecule has 0 saturated heterocycles. The van der Waals surface area contributed by atoms with Crippen molar-refractivity contribution in [2.24, 2.45) is 5.92 Å². The number of hydrogen-bond donors (Lipinski definition) is 1. The van der Waals surface area contributed by atoms with Crippen LogP contribution in [0, 0.1) is 5.92 Å². The van der Waals surface area contributed by atoms with Crippen molar-refractivity contribution in [1.29, 1.82) is 0 Å². The number of benzene rings is 1. The molecule has 1 atom stereocenters. The molecule has 0 spiro atoms. The van der Waals surface area contributed by atoms with Gasteiger partial charge in [0.2, 0.25) is 0 Å². The van der Waals surface area contributed by atoms with Gasteiger partial charge in [0.15, 0.2) is 6.61 Å². The van der Waals surface area contributed by atoms with E-state index in [4.69, 9.17) is 9.15 Å². The van der Waals surface area contributed by atoms with E-state index in [2.05, 4.69) is 5.32 Å². The number of nitrogens with one attached hydrogen (secondary N) is 1. The lowest BCUT2D eigenvalue weighted by atomic mass is 10.1. The van der Waals surface area contributed by atoms with Crippen LogP contribution < -0.4 is 5.32 Å². The molecule has 0 bridgehead atoms. The van der Waals surface area contributed by atoms with Crippen LogP contribution in [0.2, 0.25) is 0 Å². The highest BCUT2D eigenvalue weighted by molar-refractivity contribution is 6.22. The average Bonchev–Trinajstić information content (AvgIpc) is 3.33. The molecule has 3 rings (SSSR count). The fourth-order valence-corrected chi connectivity index (χ4v) is 3.11. The van der Waals surface area contributed by atoms with Crippen LogP contribution in [-0.4, -0.2) is 41.7 Å². The van der Waals surface area contributed by atoms with Crippen LogP contribution in [0.15, 0.2) is 41.0 Å². The van der Waals surface area contributed by atoms with E-state index in [9.17, 15) is 19.2 Å². The number of rotatable bonds is 8. The van der Waals surface area contributed by atoms with Gasteiger partial charge in [-0.3, -0.25) is 19.3 Å². The number of imide groups is 1. The highest BCUT2D eigenvalue weighted by Gasteiger charge is 2.35. The first-order valence-corrected chi connectivity index (χ1v) is 9.78. The second kappa shape index (κ2) is 8.94. The number of furan rings is 1. The predicted octanol–water partition coefficient (Wildman–Crippen LogP) is 2.96. The second-order valence-corrected chi connectivity index (χ2v) is 7.59. The van der Waals surface area contributed by atoms with Crippen LogP contribution in [0.25, 0.3) is 0 Å². The second-order valence-electron chi connectivity index (χ2n) is 7.59. The van der Waals surface area contributed by atoms with Gasteiger partial charge in [0, 0.05) is 6.54 Å². The van der Waals surface area contributed by atoms with Gasteiger partial charge < -0.3 is 14.5 Å².